The molecule has 1 aliphatic rings. The van der Waals surface area contributed by atoms with Crippen LogP contribution < -0.4 is 14.4 Å². The molecule has 3 aromatic carbocycles. The quantitative estimate of drug-likeness (QED) is 0.287. The van der Waals surface area contributed by atoms with Crippen LogP contribution in [0.25, 0.3) is 0 Å². The number of hydrogen-bond donors (Lipinski definition) is 1. The van der Waals surface area contributed by atoms with Crippen LogP contribution in [-0.2, 0) is 26.2 Å². The van der Waals surface area contributed by atoms with Crippen molar-refractivity contribution < 1.29 is 27.1 Å². The number of aryl methyl sites for hydroxylation is 1. The van der Waals surface area contributed by atoms with E-state index in [1.807, 2.05) is 6.92 Å². The maximum absolute atomic E-state index is 14.1. The lowest BCUT2D eigenvalue weighted by molar-refractivity contribution is -0.139. The third-order valence-corrected chi connectivity index (χ3v) is 9.69. The first kappa shape index (κ1) is 32.3. The van der Waals surface area contributed by atoms with Crippen LogP contribution in [0.3, 0.4) is 0 Å². The van der Waals surface area contributed by atoms with E-state index in [1.165, 1.54) is 60.5 Å². The molecule has 3 aromatic rings. The van der Waals surface area contributed by atoms with Gasteiger partial charge in [0.2, 0.25) is 11.8 Å². The second-order valence-electron chi connectivity index (χ2n) is 10.8. The number of methoxy groups -OCH3 is 1. The molecule has 4 rings (SSSR count). The molecule has 0 heterocycles. The fourth-order valence-corrected chi connectivity index (χ4v) is 6.73. The molecule has 0 spiro atoms. The van der Waals surface area contributed by atoms with E-state index in [-0.39, 0.29) is 39.8 Å². The largest absolute Gasteiger partial charge is 0.495 e. The van der Waals surface area contributed by atoms with Crippen LogP contribution in [0.2, 0.25) is 5.02 Å². The summed E-state index contributed by atoms with van der Waals surface area (Å²) in [7, 11) is -2.91. The Morgan fingerprint density at radius 1 is 1.02 bits per heavy atom. The third-order valence-electron chi connectivity index (χ3n) is 7.68. The van der Waals surface area contributed by atoms with Gasteiger partial charge < -0.3 is 15.0 Å². The highest BCUT2D eigenvalue weighted by Crippen LogP contribution is 2.35. The molecular formula is C32H37ClFN3O5S. The van der Waals surface area contributed by atoms with Crippen LogP contribution in [0.5, 0.6) is 5.75 Å². The molecule has 1 saturated carbocycles. The highest BCUT2D eigenvalue weighted by atomic mass is 35.5. The van der Waals surface area contributed by atoms with Crippen molar-refractivity contribution >= 4 is 39.1 Å². The number of nitrogens with one attached hydrogen (secondary N) is 1. The Labute approximate surface area is 257 Å². The van der Waals surface area contributed by atoms with Gasteiger partial charge in [0.1, 0.15) is 24.2 Å². The standard InChI is InChI=1S/C32H37ClFN3O5S/c1-22-9-16-28(17-10-22)43(40,41)37(29-19-25(33)13-18-30(29)42-3)21-31(38)36(20-24-11-14-26(34)15-12-24)23(2)32(39)35-27-7-5-4-6-8-27/h9-19,23,27H,4-8,20-21H2,1-3H3,(H,35,39)/t23-/m1/s1. The summed E-state index contributed by atoms with van der Waals surface area (Å²) >= 11 is 6.28. The molecule has 8 nitrogen and oxygen atoms in total. The van der Waals surface area contributed by atoms with Crippen LogP contribution in [0.4, 0.5) is 10.1 Å². The zero-order valence-electron chi connectivity index (χ0n) is 24.6. The number of anilines is 1. The lowest BCUT2D eigenvalue weighted by atomic mass is 9.95. The van der Waals surface area contributed by atoms with Crippen LogP contribution in [0.1, 0.15) is 50.2 Å². The van der Waals surface area contributed by atoms with Gasteiger partial charge in [-0.1, -0.05) is 60.7 Å². The number of nitrogens with zero attached hydrogens (tertiary/aromatic N) is 2. The van der Waals surface area contributed by atoms with Gasteiger partial charge in [-0.2, -0.15) is 0 Å². The summed E-state index contributed by atoms with van der Waals surface area (Å²) in [5.74, 6) is -1.21. The fourth-order valence-electron chi connectivity index (χ4n) is 5.15. The summed E-state index contributed by atoms with van der Waals surface area (Å²) in [6, 6.07) is 15.5. The fraction of sp³-hybridized carbons (Fsp3) is 0.375. The zero-order chi connectivity index (χ0) is 31.1. The summed E-state index contributed by atoms with van der Waals surface area (Å²) < 4.78 is 48.2. The maximum Gasteiger partial charge on any atom is 0.264 e. The number of carbonyl (C=O) groups excluding carboxylic acids is 2. The van der Waals surface area contributed by atoms with Gasteiger partial charge in [-0.05, 0) is 74.7 Å². The van der Waals surface area contributed by atoms with E-state index >= 15 is 0 Å². The lowest BCUT2D eigenvalue weighted by Gasteiger charge is -2.33. The Kier molecular flexibility index (Phi) is 10.7. The number of hydrogen-bond acceptors (Lipinski definition) is 5. The van der Waals surface area contributed by atoms with E-state index in [0.29, 0.717) is 5.56 Å². The highest BCUT2D eigenvalue weighted by molar-refractivity contribution is 7.92. The number of ether oxygens (including phenoxy) is 1. The molecule has 0 radical (unpaired) electrons. The van der Waals surface area contributed by atoms with Crippen molar-refractivity contribution in [2.24, 2.45) is 0 Å². The maximum atomic E-state index is 14.1. The van der Waals surface area contributed by atoms with E-state index in [0.717, 1.165) is 42.0 Å². The monoisotopic (exact) mass is 629 g/mol. The number of rotatable bonds is 11. The molecule has 1 aliphatic carbocycles. The Morgan fingerprint density at radius 2 is 1.67 bits per heavy atom. The lowest BCUT2D eigenvalue weighted by Crippen LogP contribution is -2.53. The molecule has 1 fully saturated rings. The topological polar surface area (TPSA) is 96.0 Å². The van der Waals surface area contributed by atoms with Gasteiger partial charge in [0, 0.05) is 17.6 Å². The molecule has 1 atom stereocenters. The summed E-state index contributed by atoms with van der Waals surface area (Å²) in [5.41, 5.74) is 1.52. The van der Waals surface area contributed by atoms with Gasteiger partial charge in [-0.25, -0.2) is 12.8 Å². The number of amides is 2. The number of sulfonamides is 1. The van der Waals surface area contributed by atoms with Crippen molar-refractivity contribution in [3.63, 3.8) is 0 Å². The first-order chi connectivity index (χ1) is 20.5. The molecule has 0 aromatic heterocycles. The predicted octanol–water partition coefficient (Wildman–Crippen LogP) is 5.86. The van der Waals surface area contributed by atoms with E-state index in [9.17, 15) is 22.4 Å². The molecule has 0 unspecified atom stereocenters. The smallest absolute Gasteiger partial charge is 0.264 e. The third kappa shape index (κ3) is 8.06. The van der Waals surface area contributed by atoms with Gasteiger partial charge in [0.15, 0.2) is 0 Å². The van der Waals surface area contributed by atoms with Crippen molar-refractivity contribution in [3.05, 3.63) is 88.7 Å². The predicted molar refractivity (Wildman–Crippen MR) is 165 cm³/mol. The summed E-state index contributed by atoms with van der Waals surface area (Å²) in [5, 5.41) is 3.30. The Morgan fingerprint density at radius 3 is 2.30 bits per heavy atom. The summed E-state index contributed by atoms with van der Waals surface area (Å²) in [6.07, 6.45) is 4.88. The molecular weight excluding hydrogens is 593 g/mol. The first-order valence-electron chi connectivity index (χ1n) is 14.3. The van der Waals surface area contributed by atoms with Crippen molar-refractivity contribution in [1.29, 1.82) is 0 Å². The summed E-state index contributed by atoms with van der Waals surface area (Å²) in [6.45, 7) is 2.77. The van der Waals surface area contributed by atoms with E-state index in [1.54, 1.807) is 25.1 Å². The van der Waals surface area contributed by atoms with Gasteiger partial charge in [-0.3, -0.25) is 13.9 Å². The van der Waals surface area contributed by atoms with Crippen LogP contribution in [0.15, 0.2) is 71.6 Å². The molecule has 11 heteroatoms. The van der Waals surface area contributed by atoms with E-state index in [2.05, 4.69) is 5.32 Å². The van der Waals surface area contributed by atoms with Crippen molar-refractivity contribution in [1.82, 2.24) is 10.2 Å². The Balaban J connectivity index is 1.72. The van der Waals surface area contributed by atoms with Crippen LogP contribution in [0, 0.1) is 12.7 Å². The Bertz CT molecular complexity index is 1530. The molecule has 43 heavy (non-hydrogen) atoms. The highest BCUT2D eigenvalue weighted by Gasteiger charge is 2.34. The normalized spacial score (nSPS) is 14.5. The minimum atomic E-state index is -4.30. The van der Waals surface area contributed by atoms with Gasteiger partial charge in [-0.15, -0.1) is 0 Å². The molecule has 1 N–H and O–H groups in total. The van der Waals surface area contributed by atoms with Crippen LogP contribution >= 0.6 is 11.6 Å². The number of halogens is 2. The second-order valence-corrected chi connectivity index (χ2v) is 13.1. The van der Waals surface area contributed by atoms with Gasteiger partial charge in [0.25, 0.3) is 10.0 Å². The minimum Gasteiger partial charge on any atom is -0.495 e. The number of carbonyl (C=O) groups is 2. The SMILES string of the molecule is COc1ccc(Cl)cc1N(CC(=O)N(Cc1ccc(F)cc1)[C@H](C)C(=O)NC1CCCCC1)S(=O)(=O)c1ccc(C)cc1. The summed E-state index contributed by atoms with van der Waals surface area (Å²) in [4.78, 5) is 28.9. The average molecular weight is 630 g/mol. The molecule has 2 amide bonds. The van der Waals surface area contributed by atoms with Gasteiger partial charge in [0.05, 0.1) is 17.7 Å². The van der Waals surface area contributed by atoms with Gasteiger partial charge >= 0.3 is 0 Å². The van der Waals surface area contributed by atoms with Crippen molar-refractivity contribution in [3.8, 4) is 5.75 Å². The minimum absolute atomic E-state index is 0.0145. The number of benzene rings is 3. The second kappa shape index (κ2) is 14.2. The van der Waals surface area contributed by atoms with Crippen molar-refractivity contribution in [2.75, 3.05) is 18.0 Å². The Hall–Kier alpha value is -3.63. The van der Waals surface area contributed by atoms with E-state index in [4.69, 9.17) is 16.3 Å². The average Bonchev–Trinajstić information content (AvgIpc) is 2.99. The first-order valence-corrected chi connectivity index (χ1v) is 16.1. The zero-order valence-corrected chi connectivity index (χ0v) is 26.1. The molecule has 0 saturated heterocycles. The molecule has 230 valence electrons. The molecule has 0 aliphatic heterocycles. The van der Waals surface area contributed by atoms with Crippen molar-refractivity contribution in [2.45, 2.75) is 69.5 Å². The van der Waals surface area contributed by atoms with Crippen LogP contribution in [-0.4, -0.2) is 50.9 Å². The molecule has 0 bridgehead atoms. The van der Waals surface area contributed by atoms with E-state index < -0.39 is 34.3 Å².